The third kappa shape index (κ3) is 17.2. The molecule has 0 aromatic heterocycles. The SMILES string of the molecule is COC(=O)[C@@H](/C=C/[C@H](CC(C)C)NC(=O)C(F)(F)C(=O)[C@H](CC(C)C)NC(=O)[C@H](Cc1ccccc1)NC(=O)[C@H](Cc1ccccc1)NC(=O)OC(C)(C)C)Cc1ccccc1. The Kier molecular flexibility index (Phi) is 19.5. The van der Waals surface area contributed by atoms with Gasteiger partial charge >= 0.3 is 18.0 Å². The second-order valence-electron chi connectivity index (χ2n) is 17.2. The van der Waals surface area contributed by atoms with E-state index >= 15 is 8.78 Å². The van der Waals surface area contributed by atoms with Gasteiger partial charge in [0.15, 0.2) is 0 Å². The third-order valence-corrected chi connectivity index (χ3v) is 9.56. The molecule has 0 saturated carbocycles. The predicted octanol–water partition coefficient (Wildman–Crippen LogP) is 6.70. The van der Waals surface area contributed by atoms with Crippen LogP contribution in [0.25, 0.3) is 0 Å². The largest absolute Gasteiger partial charge is 0.469 e. The van der Waals surface area contributed by atoms with Crippen LogP contribution in [0.4, 0.5) is 13.6 Å². The number of amides is 4. The molecular formula is C48H62F2N4O8. The van der Waals surface area contributed by atoms with Crippen LogP contribution in [0.15, 0.2) is 103 Å². The van der Waals surface area contributed by atoms with Gasteiger partial charge in [0.2, 0.25) is 17.6 Å². The molecule has 3 aromatic rings. The summed E-state index contributed by atoms with van der Waals surface area (Å²) >= 11 is 0. The Labute approximate surface area is 364 Å². The molecule has 0 radical (unpaired) electrons. The Morgan fingerprint density at radius 2 is 1.03 bits per heavy atom. The molecule has 62 heavy (non-hydrogen) atoms. The number of alkyl carbamates (subject to hydrolysis) is 1. The van der Waals surface area contributed by atoms with E-state index in [0.29, 0.717) is 11.1 Å². The quantitative estimate of drug-likeness (QED) is 0.0492. The van der Waals surface area contributed by atoms with Gasteiger partial charge in [0.25, 0.3) is 5.91 Å². The number of Topliss-reactive ketones (excluding diaryl/α,β-unsaturated/α-hetero) is 1. The molecule has 4 amide bonds. The number of rotatable bonds is 22. The zero-order chi connectivity index (χ0) is 46.0. The van der Waals surface area contributed by atoms with Crippen molar-refractivity contribution in [2.24, 2.45) is 17.8 Å². The maximum Gasteiger partial charge on any atom is 0.408 e. The summed E-state index contributed by atoms with van der Waals surface area (Å²) in [5.41, 5.74) is 1.25. The highest BCUT2D eigenvalue weighted by Crippen LogP contribution is 2.23. The fourth-order valence-electron chi connectivity index (χ4n) is 6.62. The molecule has 5 atom stereocenters. The second kappa shape index (κ2) is 23.9. The van der Waals surface area contributed by atoms with Gasteiger partial charge in [-0.15, -0.1) is 0 Å². The summed E-state index contributed by atoms with van der Waals surface area (Å²) in [6.45, 7) is 12.0. The number of methoxy groups -OCH3 is 1. The van der Waals surface area contributed by atoms with Crippen molar-refractivity contribution in [3.63, 3.8) is 0 Å². The van der Waals surface area contributed by atoms with Crippen LogP contribution in [-0.4, -0.2) is 78.4 Å². The highest BCUT2D eigenvalue weighted by molar-refractivity contribution is 6.10. The number of benzene rings is 3. The summed E-state index contributed by atoms with van der Waals surface area (Å²) in [6, 6.07) is 21.1. The highest BCUT2D eigenvalue weighted by atomic mass is 19.3. The van der Waals surface area contributed by atoms with Gasteiger partial charge in [0.1, 0.15) is 17.7 Å². The lowest BCUT2D eigenvalue weighted by Gasteiger charge is -2.28. The summed E-state index contributed by atoms with van der Waals surface area (Å²) in [4.78, 5) is 80.9. The molecule has 14 heteroatoms. The number of nitrogens with one attached hydrogen (secondary N) is 4. The topological polar surface area (TPSA) is 169 Å². The summed E-state index contributed by atoms with van der Waals surface area (Å²) < 4.78 is 42.6. The van der Waals surface area contributed by atoms with Crippen LogP contribution in [0.1, 0.15) is 78.0 Å². The lowest BCUT2D eigenvalue weighted by Crippen LogP contribution is -2.60. The van der Waals surface area contributed by atoms with Crippen molar-refractivity contribution in [2.75, 3.05) is 7.11 Å². The molecule has 0 aliphatic heterocycles. The molecule has 12 nitrogen and oxygen atoms in total. The average Bonchev–Trinajstić information content (AvgIpc) is 3.20. The minimum atomic E-state index is -4.60. The lowest BCUT2D eigenvalue weighted by molar-refractivity contribution is -0.161. The van der Waals surface area contributed by atoms with Gasteiger partial charge in [-0.05, 0) is 68.6 Å². The summed E-state index contributed by atoms with van der Waals surface area (Å²) in [5.74, 6) is -11.9. The van der Waals surface area contributed by atoms with E-state index in [-0.39, 0.29) is 38.0 Å². The maximum absolute atomic E-state index is 16.1. The van der Waals surface area contributed by atoms with Crippen molar-refractivity contribution in [1.82, 2.24) is 21.3 Å². The molecule has 0 heterocycles. The lowest BCUT2D eigenvalue weighted by atomic mass is 9.94. The number of carbonyl (C=O) groups excluding carboxylic acids is 6. The standard InChI is InChI=1S/C48H62F2N4O8/c1-31(2)26-37(25-24-36(44(58)61-8)28-33-18-12-9-13-19-33)51-45(59)48(49,50)41(55)38(27-32(3)4)52-42(56)39(29-34-20-14-10-15-21-34)53-43(57)40(30-35-22-16-11-17-23-35)54-46(60)62-47(5,6)7/h9-25,31-32,36-40H,26-30H2,1-8H3,(H,51,59)(H,52,56)(H,53,57)(H,54,60)/b25-24+/t36-,37+,38-,39-,40-/m0/s1. The zero-order valence-electron chi connectivity index (χ0n) is 36.9. The van der Waals surface area contributed by atoms with Crippen molar-refractivity contribution in [2.45, 2.75) is 116 Å². The van der Waals surface area contributed by atoms with E-state index in [2.05, 4.69) is 21.3 Å². The van der Waals surface area contributed by atoms with Crippen LogP contribution in [0.2, 0.25) is 0 Å². The first-order chi connectivity index (χ1) is 29.2. The van der Waals surface area contributed by atoms with Crippen LogP contribution < -0.4 is 21.3 Å². The van der Waals surface area contributed by atoms with Gasteiger partial charge in [0, 0.05) is 18.9 Å². The number of esters is 1. The van der Waals surface area contributed by atoms with Crippen LogP contribution >= 0.6 is 0 Å². The Bertz CT molecular complexity index is 1950. The van der Waals surface area contributed by atoms with E-state index in [9.17, 15) is 28.8 Å². The van der Waals surface area contributed by atoms with Gasteiger partial charge in [0.05, 0.1) is 19.1 Å². The van der Waals surface area contributed by atoms with Crippen molar-refractivity contribution >= 4 is 35.6 Å². The number of carbonyl (C=O) groups is 6. The Hall–Kier alpha value is -5.92. The van der Waals surface area contributed by atoms with Gasteiger partial charge in [-0.3, -0.25) is 24.0 Å². The fourth-order valence-corrected chi connectivity index (χ4v) is 6.62. The zero-order valence-corrected chi connectivity index (χ0v) is 36.9. The summed E-state index contributed by atoms with van der Waals surface area (Å²) in [6.07, 6.45) is 2.20. The average molecular weight is 861 g/mol. The number of halogens is 2. The second-order valence-corrected chi connectivity index (χ2v) is 17.2. The number of hydrogen-bond acceptors (Lipinski definition) is 8. The molecule has 4 N–H and O–H groups in total. The van der Waals surface area contributed by atoms with Gasteiger partial charge in [-0.25, -0.2) is 4.79 Å². The van der Waals surface area contributed by atoms with Crippen LogP contribution in [0.5, 0.6) is 0 Å². The Morgan fingerprint density at radius 1 is 0.597 bits per heavy atom. The van der Waals surface area contributed by atoms with Crippen LogP contribution in [-0.2, 0) is 52.7 Å². The first-order valence-electron chi connectivity index (χ1n) is 20.9. The first-order valence-corrected chi connectivity index (χ1v) is 20.9. The van der Waals surface area contributed by atoms with E-state index in [4.69, 9.17) is 9.47 Å². The molecule has 336 valence electrons. The molecule has 0 fully saturated rings. The smallest absolute Gasteiger partial charge is 0.408 e. The van der Waals surface area contributed by atoms with Crippen LogP contribution in [0.3, 0.4) is 0 Å². The first kappa shape index (κ1) is 50.4. The highest BCUT2D eigenvalue weighted by Gasteiger charge is 2.51. The van der Waals surface area contributed by atoms with E-state index < -0.39 is 83.1 Å². The Balaban J connectivity index is 1.89. The molecule has 0 aliphatic carbocycles. The summed E-state index contributed by atoms with van der Waals surface area (Å²) in [7, 11) is 1.24. The van der Waals surface area contributed by atoms with Gasteiger partial charge in [-0.1, -0.05) is 131 Å². The van der Waals surface area contributed by atoms with E-state index in [1.807, 2.05) is 44.2 Å². The molecule has 3 aromatic carbocycles. The number of ketones is 1. The minimum Gasteiger partial charge on any atom is -0.469 e. The molecule has 0 spiro atoms. The van der Waals surface area contributed by atoms with Crippen LogP contribution in [0, 0.1) is 17.8 Å². The number of alkyl halides is 2. The maximum atomic E-state index is 16.1. The van der Waals surface area contributed by atoms with Crippen molar-refractivity contribution in [3.8, 4) is 0 Å². The summed E-state index contributed by atoms with van der Waals surface area (Å²) in [5, 5.41) is 9.96. The molecular weight excluding hydrogens is 799 g/mol. The Morgan fingerprint density at radius 3 is 1.47 bits per heavy atom. The normalized spacial score (nSPS) is 14.3. The molecule has 0 saturated heterocycles. The molecule has 3 rings (SSSR count). The number of hydrogen-bond donors (Lipinski definition) is 4. The fraction of sp³-hybridized carbons (Fsp3) is 0.458. The van der Waals surface area contributed by atoms with E-state index in [1.165, 1.54) is 19.3 Å². The molecule has 0 unspecified atom stereocenters. The van der Waals surface area contributed by atoms with Crippen molar-refractivity contribution < 1.29 is 47.0 Å². The van der Waals surface area contributed by atoms with Gasteiger partial charge in [-0.2, -0.15) is 8.78 Å². The van der Waals surface area contributed by atoms with Gasteiger partial charge < -0.3 is 30.7 Å². The molecule has 0 bridgehead atoms. The predicted molar refractivity (Wildman–Crippen MR) is 233 cm³/mol. The third-order valence-electron chi connectivity index (χ3n) is 9.56. The van der Waals surface area contributed by atoms with E-state index in [1.54, 1.807) is 95.3 Å². The van der Waals surface area contributed by atoms with E-state index in [0.717, 1.165) is 5.56 Å². The minimum absolute atomic E-state index is 0.0186. The number of ether oxygens (including phenoxy) is 2. The van der Waals surface area contributed by atoms with Crippen molar-refractivity contribution in [1.29, 1.82) is 0 Å². The van der Waals surface area contributed by atoms with Crippen molar-refractivity contribution in [3.05, 3.63) is 120 Å². The molecule has 0 aliphatic rings. The monoisotopic (exact) mass is 860 g/mol.